The van der Waals surface area contributed by atoms with E-state index in [2.05, 4.69) is 19.1 Å². The van der Waals surface area contributed by atoms with E-state index in [-0.39, 0.29) is 0 Å². The van der Waals surface area contributed by atoms with E-state index in [4.69, 9.17) is 4.42 Å². The molecule has 0 aliphatic carbocycles. The topological polar surface area (TPSA) is 11.3 Å². The van der Waals surface area contributed by atoms with E-state index in [0.29, 0.717) is 0 Å². The predicted octanol–water partition coefficient (Wildman–Crippen LogP) is 4.51. The van der Waals surface area contributed by atoms with Crippen molar-refractivity contribution < 1.29 is 4.42 Å². The average molecular weight is 207 g/mol. The third kappa shape index (κ3) is 2.13. The zero-order valence-electron chi connectivity index (χ0n) is 8.45. The molecule has 1 aromatic heterocycles. The van der Waals surface area contributed by atoms with Gasteiger partial charge in [0, 0.05) is 6.07 Å². The van der Waals surface area contributed by atoms with Crippen LogP contribution in [0.15, 0.2) is 28.7 Å². The fourth-order valence-corrected chi connectivity index (χ4v) is 2.49. The third-order valence-electron chi connectivity index (χ3n) is 2.28. The molecule has 0 unspecified atom stereocenters. The molecule has 2 aromatic rings. The fraction of sp³-hybridized carbons (Fsp3) is 0.417. The highest BCUT2D eigenvalue weighted by atomic mass is 32.1. The molecule has 2 rings (SSSR count). The summed E-state index contributed by atoms with van der Waals surface area (Å²) in [5.41, 5.74) is 1.03. The molecule has 14 heavy (non-hydrogen) atoms. The molecule has 0 saturated heterocycles. The van der Waals surface area contributed by atoms with Crippen LogP contribution in [0.5, 0.6) is 0 Å². The van der Waals surface area contributed by atoms with E-state index in [1.807, 2.05) is 12.1 Å². The van der Waals surface area contributed by atoms with Gasteiger partial charge in [0.2, 0.25) is 0 Å². The van der Waals surface area contributed by atoms with Gasteiger partial charge in [0.1, 0.15) is 4.70 Å². The summed E-state index contributed by atoms with van der Waals surface area (Å²) < 4.78 is 7.00. The van der Waals surface area contributed by atoms with Gasteiger partial charge < -0.3 is 0 Å². The largest absolute Gasteiger partial charge is 0.386 e. The molecule has 0 spiro atoms. The zero-order chi connectivity index (χ0) is 9.80. The van der Waals surface area contributed by atoms with E-state index >= 15 is 0 Å². The summed E-state index contributed by atoms with van der Waals surface area (Å²) in [4.78, 5) is 0. The van der Waals surface area contributed by atoms with Gasteiger partial charge in [0.25, 0.3) is 0 Å². The van der Waals surface area contributed by atoms with Gasteiger partial charge in [-0.2, -0.15) is 4.42 Å². The van der Waals surface area contributed by atoms with E-state index in [1.54, 1.807) is 11.3 Å². The van der Waals surface area contributed by atoms with E-state index in [0.717, 1.165) is 12.0 Å². The van der Waals surface area contributed by atoms with Gasteiger partial charge >= 0.3 is 10.7 Å². The van der Waals surface area contributed by atoms with Crippen LogP contribution in [0.4, 0.5) is 0 Å². The molecule has 1 aromatic carbocycles. The van der Waals surface area contributed by atoms with Crippen molar-refractivity contribution in [3.05, 3.63) is 29.3 Å². The number of para-hydroxylation sites is 1. The highest BCUT2D eigenvalue weighted by molar-refractivity contribution is 7.18. The second kappa shape index (κ2) is 4.56. The molecule has 0 amide bonds. The lowest BCUT2D eigenvalue weighted by Crippen LogP contribution is -1.78. The van der Waals surface area contributed by atoms with Gasteiger partial charge in [-0.25, -0.2) is 0 Å². The van der Waals surface area contributed by atoms with Crippen LogP contribution in [0.3, 0.4) is 0 Å². The Morgan fingerprint density at radius 1 is 1.21 bits per heavy atom. The van der Waals surface area contributed by atoms with Gasteiger partial charge in [-0.05, 0) is 23.8 Å². The van der Waals surface area contributed by atoms with Crippen LogP contribution >= 0.6 is 11.3 Å². The van der Waals surface area contributed by atoms with Crippen LogP contribution in [-0.2, 0) is 6.42 Å². The van der Waals surface area contributed by atoms with Gasteiger partial charge in [0.05, 0.1) is 6.42 Å². The lowest BCUT2D eigenvalue weighted by molar-refractivity contribution is 0.543. The monoisotopic (exact) mass is 207 g/mol. The Morgan fingerprint density at radius 3 is 2.86 bits per heavy atom. The Morgan fingerprint density at radius 2 is 2.07 bits per heavy atom. The third-order valence-corrected chi connectivity index (χ3v) is 3.35. The minimum atomic E-state index is 1.03. The molecule has 0 radical (unpaired) electrons. The molecule has 1 nitrogen and oxygen atoms in total. The maximum absolute atomic E-state index is 5.73. The van der Waals surface area contributed by atoms with Crippen molar-refractivity contribution in [2.45, 2.75) is 32.6 Å². The summed E-state index contributed by atoms with van der Waals surface area (Å²) >= 11 is 1.78. The van der Waals surface area contributed by atoms with Gasteiger partial charge in [0.15, 0.2) is 0 Å². The molecule has 0 bridgehead atoms. The van der Waals surface area contributed by atoms with Gasteiger partial charge in [-0.3, -0.25) is 0 Å². The molecule has 1 heterocycles. The molecule has 0 saturated carbocycles. The Bertz CT molecular complexity index is 372. The normalized spacial score (nSPS) is 10.9. The van der Waals surface area contributed by atoms with Crippen molar-refractivity contribution in [2.75, 3.05) is 0 Å². The summed E-state index contributed by atoms with van der Waals surface area (Å²) in [7, 11) is 0. The van der Waals surface area contributed by atoms with Gasteiger partial charge in [-0.15, -0.1) is 0 Å². The summed E-state index contributed by atoms with van der Waals surface area (Å²) in [6.45, 7) is 2.22. The van der Waals surface area contributed by atoms with Crippen LogP contribution in [0.2, 0.25) is 0 Å². The standard InChI is InChI=1S/C12H15OS/c1-2-3-4-9-12-13-10-7-5-6-8-11(10)14-12/h5-8H,2-4,9H2,1H3/q+1. The highest BCUT2D eigenvalue weighted by Gasteiger charge is 2.15. The molecule has 0 fully saturated rings. The summed E-state index contributed by atoms with van der Waals surface area (Å²) in [5.74, 6) is 0. The molecule has 0 atom stereocenters. The molecule has 2 heteroatoms. The molecule has 0 N–H and O–H groups in total. The van der Waals surface area contributed by atoms with E-state index in [9.17, 15) is 0 Å². The quantitative estimate of drug-likeness (QED) is 0.530. The smallest absolute Gasteiger partial charge is 0.200 e. The van der Waals surface area contributed by atoms with E-state index in [1.165, 1.54) is 29.0 Å². The van der Waals surface area contributed by atoms with Crippen molar-refractivity contribution >= 4 is 21.6 Å². The highest BCUT2D eigenvalue weighted by Crippen LogP contribution is 2.26. The molecular formula is C12H15OS+. The first-order valence-electron chi connectivity index (χ1n) is 5.20. The second-order valence-corrected chi connectivity index (χ2v) is 4.58. The summed E-state index contributed by atoms with van der Waals surface area (Å²) in [6, 6.07) is 8.24. The molecule has 74 valence electrons. The first-order valence-corrected chi connectivity index (χ1v) is 6.02. The van der Waals surface area contributed by atoms with Crippen LogP contribution < -0.4 is 0 Å². The first-order chi connectivity index (χ1) is 6.90. The van der Waals surface area contributed by atoms with Crippen molar-refractivity contribution in [1.29, 1.82) is 0 Å². The Balaban J connectivity index is 2.11. The van der Waals surface area contributed by atoms with Crippen molar-refractivity contribution in [3.8, 4) is 0 Å². The number of fused-ring (bicyclic) bond motifs is 1. The number of rotatable bonds is 4. The Labute approximate surface area is 88.4 Å². The van der Waals surface area contributed by atoms with Crippen LogP contribution in [0.1, 0.15) is 31.3 Å². The first kappa shape index (κ1) is 9.66. The zero-order valence-corrected chi connectivity index (χ0v) is 9.27. The summed E-state index contributed by atoms with van der Waals surface area (Å²) in [5, 5.41) is 1.17. The lowest BCUT2D eigenvalue weighted by Gasteiger charge is -1.86. The average Bonchev–Trinajstić information content (AvgIpc) is 2.60. The van der Waals surface area contributed by atoms with Crippen molar-refractivity contribution in [2.24, 2.45) is 0 Å². The second-order valence-electron chi connectivity index (χ2n) is 3.48. The molecular weight excluding hydrogens is 192 g/mol. The molecule has 0 aliphatic heterocycles. The Hall–Kier alpha value is -0.890. The minimum absolute atomic E-state index is 1.03. The fourth-order valence-electron chi connectivity index (χ4n) is 1.51. The maximum atomic E-state index is 5.73. The number of benzene rings is 1. The number of hydrogen-bond donors (Lipinski definition) is 0. The van der Waals surface area contributed by atoms with Crippen LogP contribution in [-0.4, -0.2) is 0 Å². The Kier molecular flexibility index (Phi) is 3.14. The molecule has 0 aliphatic rings. The predicted molar refractivity (Wildman–Crippen MR) is 61.7 cm³/mol. The van der Waals surface area contributed by atoms with Crippen LogP contribution in [0, 0.1) is 0 Å². The van der Waals surface area contributed by atoms with E-state index < -0.39 is 0 Å². The van der Waals surface area contributed by atoms with Crippen molar-refractivity contribution in [1.82, 2.24) is 0 Å². The SMILES string of the molecule is CCCCCc1[o+]c2ccccc2s1. The van der Waals surface area contributed by atoms with Crippen LogP contribution in [0.25, 0.3) is 10.3 Å². The number of aryl methyl sites for hydroxylation is 1. The number of hydrogen-bond acceptors (Lipinski definition) is 1. The maximum Gasteiger partial charge on any atom is 0.386 e. The lowest BCUT2D eigenvalue weighted by atomic mass is 10.2. The minimum Gasteiger partial charge on any atom is -0.200 e. The van der Waals surface area contributed by atoms with Crippen molar-refractivity contribution in [3.63, 3.8) is 0 Å². The number of unbranched alkanes of at least 4 members (excludes halogenated alkanes) is 2. The summed E-state index contributed by atoms with van der Waals surface area (Å²) in [6.07, 6.45) is 4.90. The van der Waals surface area contributed by atoms with Gasteiger partial charge in [-0.1, -0.05) is 31.9 Å².